The zero-order chi connectivity index (χ0) is 11.5. The van der Waals surface area contributed by atoms with Crippen molar-refractivity contribution in [2.24, 2.45) is 5.92 Å². The Morgan fingerprint density at radius 2 is 2.25 bits per heavy atom. The smallest absolute Gasteiger partial charge is 0.143 e. The predicted molar refractivity (Wildman–Crippen MR) is 67.8 cm³/mol. The summed E-state index contributed by atoms with van der Waals surface area (Å²) in [5.74, 6) is 1.66. The van der Waals surface area contributed by atoms with Crippen molar-refractivity contribution in [1.82, 2.24) is 0 Å². The molecule has 0 radical (unpaired) electrons. The molecule has 0 aliphatic heterocycles. The summed E-state index contributed by atoms with van der Waals surface area (Å²) in [4.78, 5) is 0. The van der Waals surface area contributed by atoms with Crippen LogP contribution in [0.1, 0.15) is 26.2 Å². The molecule has 1 unspecified atom stereocenters. The van der Waals surface area contributed by atoms with E-state index in [1.165, 1.54) is 19.3 Å². The minimum Gasteiger partial charge on any atom is -0.495 e. The topological polar surface area (TPSA) is 47.3 Å². The number of benzene rings is 1. The fourth-order valence-corrected chi connectivity index (χ4v) is 2.03. The van der Waals surface area contributed by atoms with Crippen LogP contribution in [0, 0.1) is 5.92 Å². The van der Waals surface area contributed by atoms with E-state index in [1.54, 1.807) is 7.11 Å². The summed E-state index contributed by atoms with van der Waals surface area (Å²) in [6.45, 7) is 2.21. The molecule has 3 nitrogen and oxygen atoms in total. The molecule has 16 heavy (non-hydrogen) atoms. The van der Waals surface area contributed by atoms with Crippen molar-refractivity contribution >= 4 is 11.4 Å². The number of nitrogens with two attached hydrogens (primary N) is 1. The molecule has 1 aliphatic carbocycles. The largest absolute Gasteiger partial charge is 0.495 e. The maximum Gasteiger partial charge on any atom is 0.143 e. The third kappa shape index (κ3) is 2.60. The highest BCUT2D eigenvalue weighted by Gasteiger charge is 2.23. The standard InChI is InChI=1S/C13H20N2O/c1-9(8-10-6-7-10)15-11-4-3-5-12(16-2)13(11)14/h3-5,9-10,15H,6-8,14H2,1-2H3. The van der Waals surface area contributed by atoms with Crippen LogP contribution < -0.4 is 15.8 Å². The maximum absolute atomic E-state index is 6.00. The third-order valence-electron chi connectivity index (χ3n) is 3.07. The first-order chi connectivity index (χ1) is 7.70. The number of nitrogens with one attached hydrogen (secondary N) is 1. The Morgan fingerprint density at radius 3 is 2.88 bits per heavy atom. The Bertz CT molecular complexity index is 361. The summed E-state index contributed by atoms with van der Waals surface area (Å²) < 4.78 is 5.20. The maximum atomic E-state index is 6.00. The van der Waals surface area contributed by atoms with E-state index in [-0.39, 0.29) is 0 Å². The number of methoxy groups -OCH3 is 1. The molecule has 1 fully saturated rings. The lowest BCUT2D eigenvalue weighted by Crippen LogP contribution is -2.16. The quantitative estimate of drug-likeness (QED) is 0.750. The lowest BCUT2D eigenvalue weighted by Gasteiger charge is -2.17. The van der Waals surface area contributed by atoms with Crippen LogP contribution in [0.2, 0.25) is 0 Å². The van der Waals surface area contributed by atoms with Crippen LogP contribution in [0.4, 0.5) is 11.4 Å². The second-order valence-electron chi connectivity index (χ2n) is 4.65. The zero-order valence-electron chi connectivity index (χ0n) is 9.99. The van der Waals surface area contributed by atoms with Gasteiger partial charge in [-0.3, -0.25) is 0 Å². The molecular formula is C13H20N2O. The summed E-state index contributed by atoms with van der Waals surface area (Å²) in [6.07, 6.45) is 4.01. The van der Waals surface area contributed by atoms with E-state index in [0.717, 1.165) is 17.4 Å². The van der Waals surface area contributed by atoms with Crippen molar-refractivity contribution in [3.63, 3.8) is 0 Å². The molecule has 0 spiro atoms. The Labute approximate surface area is 97.0 Å². The second kappa shape index (κ2) is 4.64. The Hall–Kier alpha value is -1.38. The van der Waals surface area contributed by atoms with Crippen LogP contribution in [0.5, 0.6) is 5.75 Å². The van der Waals surface area contributed by atoms with Gasteiger partial charge >= 0.3 is 0 Å². The molecule has 1 saturated carbocycles. The van der Waals surface area contributed by atoms with Crippen LogP contribution in [0.25, 0.3) is 0 Å². The number of hydrogen-bond donors (Lipinski definition) is 2. The fraction of sp³-hybridized carbons (Fsp3) is 0.538. The van der Waals surface area contributed by atoms with Crippen LogP contribution in [0.15, 0.2) is 18.2 Å². The summed E-state index contributed by atoms with van der Waals surface area (Å²) in [5, 5.41) is 3.45. The molecule has 1 aliphatic rings. The van der Waals surface area contributed by atoms with Crippen molar-refractivity contribution in [2.75, 3.05) is 18.2 Å². The van der Waals surface area contributed by atoms with E-state index < -0.39 is 0 Å². The van der Waals surface area contributed by atoms with Gasteiger partial charge in [0.15, 0.2) is 0 Å². The fourth-order valence-electron chi connectivity index (χ4n) is 2.03. The average molecular weight is 220 g/mol. The van der Waals surface area contributed by atoms with Gasteiger partial charge in [0.25, 0.3) is 0 Å². The van der Waals surface area contributed by atoms with Crippen molar-refractivity contribution in [3.8, 4) is 5.75 Å². The summed E-state index contributed by atoms with van der Waals surface area (Å²) >= 11 is 0. The molecule has 88 valence electrons. The Morgan fingerprint density at radius 1 is 1.50 bits per heavy atom. The van der Waals surface area contributed by atoms with Crippen LogP contribution >= 0.6 is 0 Å². The van der Waals surface area contributed by atoms with Gasteiger partial charge in [0.2, 0.25) is 0 Å². The van der Waals surface area contributed by atoms with Gasteiger partial charge in [0.05, 0.1) is 18.5 Å². The average Bonchev–Trinajstić information content (AvgIpc) is 3.05. The third-order valence-corrected chi connectivity index (χ3v) is 3.07. The number of nitrogen functional groups attached to an aromatic ring is 1. The van der Waals surface area contributed by atoms with Crippen molar-refractivity contribution < 1.29 is 4.74 Å². The molecule has 1 atom stereocenters. The molecular weight excluding hydrogens is 200 g/mol. The van der Waals surface area contributed by atoms with Gasteiger partial charge in [0.1, 0.15) is 5.75 Å². The number of ether oxygens (including phenoxy) is 1. The number of rotatable bonds is 5. The summed E-state index contributed by atoms with van der Waals surface area (Å²) in [7, 11) is 1.64. The van der Waals surface area contributed by atoms with Crippen LogP contribution in [-0.2, 0) is 0 Å². The minimum absolute atomic E-state index is 0.474. The highest BCUT2D eigenvalue weighted by atomic mass is 16.5. The highest BCUT2D eigenvalue weighted by Crippen LogP contribution is 2.35. The van der Waals surface area contributed by atoms with E-state index >= 15 is 0 Å². The zero-order valence-corrected chi connectivity index (χ0v) is 9.99. The first-order valence-corrected chi connectivity index (χ1v) is 5.89. The van der Waals surface area contributed by atoms with E-state index in [1.807, 2.05) is 18.2 Å². The molecule has 1 aromatic carbocycles. The number of anilines is 2. The van der Waals surface area contributed by atoms with E-state index in [0.29, 0.717) is 11.7 Å². The lowest BCUT2D eigenvalue weighted by molar-refractivity contribution is 0.417. The Kier molecular flexibility index (Phi) is 3.22. The molecule has 0 heterocycles. The van der Waals surface area contributed by atoms with Gasteiger partial charge in [-0.05, 0) is 31.4 Å². The molecule has 0 aromatic heterocycles. The van der Waals surface area contributed by atoms with E-state index in [4.69, 9.17) is 10.5 Å². The van der Waals surface area contributed by atoms with Gasteiger partial charge in [-0.1, -0.05) is 18.9 Å². The number of para-hydroxylation sites is 1. The van der Waals surface area contributed by atoms with E-state index in [2.05, 4.69) is 12.2 Å². The van der Waals surface area contributed by atoms with Gasteiger partial charge < -0.3 is 15.8 Å². The molecule has 1 aromatic rings. The van der Waals surface area contributed by atoms with Gasteiger partial charge in [-0.25, -0.2) is 0 Å². The van der Waals surface area contributed by atoms with E-state index in [9.17, 15) is 0 Å². The van der Waals surface area contributed by atoms with Gasteiger partial charge in [-0.2, -0.15) is 0 Å². The van der Waals surface area contributed by atoms with Gasteiger partial charge in [-0.15, -0.1) is 0 Å². The van der Waals surface area contributed by atoms with Crippen molar-refractivity contribution in [3.05, 3.63) is 18.2 Å². The normalized spacial score (nSPS) is 16.9. The molecule has 3 heteroatoms. The Balaban J connectivity index is 2.01. The SMILES string of the molecule is COc1cccc(NC(C)CC2CC2)c1N. The highest BCUT2D eigenvalue weighted by molar-refractivity contribution is 5.73. The molecule has 0 amide bonds. The molecule has 3 N–H and O–H groups in total. The minimum atomic E-state index is 0.474. The first-order valence-electron chi connectivity index (χ1n) is 5.89. The van der Waals surface area contributed by atoms with Crippen LogP contribution in [0.3, 0.4) is 0 Å². The monoisotopic (exact) mass is 220 g/mol. The van der Waals surface area contributed by atoms with Crippen LogP contribution in [-0.4, -0.2) is 13.2 Å². The summed E-state index contributed by atoms with van der Waals surface area (Å²) in [5.41, 5.74) is 7.68. The first kappa shape index (κ1) is 11.1. The molecule has 0 saturated heterocycles. The number of hydrogen-bond acceptors (Lipinski definition) is 3. The molecule has 2 rings (SSSR count). The molecule has 0 bridgehead atoms. The van der Waals surface area contributed by atoms with Gasteiger partial charge in [0, 0.05) is 6.04 Å². The summed E-state index contributed by atoms with van der Waals surface area (Å²) in [6, 6.07) is 6.32. The van der Waals surface area contributed by atoms with Crippen molar-refractivity contribution in [1.29, 1.82) is 0 Å². The lowest BCUT2D eigenvalue weighted by atomic mass is 10.1. The predicted octanol–water partition coefficient (Wildman–Crippen LogP) is 2.88. The van der Waals surface area contributed by atoms with Crippen molar-refractivity contribution in [2.45, 2.75) is 32.2 Å². The second-order valence-corrected chi connectivity index (χ2v) is 4.65.